The Labute approximate surface area is 216 Å². The molecule has 5 aliphatic rings. The number of aliphatic hydroxyl groups is 1. The van der Waals surface area contributed by atoms with Gasteiger partial charge in [0.15, 0.2) is 0 Å². The van der Waals surface area contributed by atoms with Gasteiger partial charge in [0, 0.05) is 50.7 Å². The minimum atomic E-state index is -0.944. The van der Waals surface area contributed by atoms with Crippen LogP contribution in [0.4, 0.5) is 0 Å². The molecule has 0 aliphatic carbocycles. The fraction of sp³-hybridized carbons (Fsp3) is 0.750. The lowest BCUT2D eigenvalue weighted by Crippen LogP contribution is -2.32. The number of aliphatic carboxylic acids is 1. The summed E-state index contributed by atoms with van der Waals surface area (Å²) in [7, 11) is 0. The lowest BCUT2D eigenvalue weighted by Gasteiger charge is -2.01. The van der Waals surface area contributed by atoms with Gasteiger partial charge in [0.1, 0.15) is 6.04 Å². The summed E-state index contributed by atoms with van der Waals surface area (Å²) in [6.45, 7) is 5.80. The van der Waals surface area contributed by atoms with E-state index in [1.807, 2.05) is 13.8 Å². The molecule has 5 amide bonds. The predicted octanol–water partition coefficient (Wildman–Crippen LogP) is -1.07. The molecule has 5 fully saturated rings. The number of aliphatic hydroxyl groups excluding tert-OH is 1. The highest BCUT2D eigenvalue weighted by Gasteiger charge is 2.26. The van der Waals surface area contributed by atoms with Crippen LogP contribution in [-0.2, 0) is 28.8 Å². The fourth-order valence-electron chi connectivity index (χ4n) is 3.66. The van der Waals surface area contributed by atoms with E-state index < -0.39 is 12.0 Å². The molecule has 7 N–H and O–H groups in total. The maximum absolute atomic E-state index is 10.5. The Balaban J connectivity index is 0.000000233. The van der Waals surface area contributed by atoms with Crippen molar-refractivity contribution in [2.75, 3.05) is 19.7 Å². The zero-order valence-corrected chi connectivity index (χ0v) is 21.6. The molecule has 0 spiro atoms. The Hall–Kier alpha value is -3.22. The Kier molecular flexibility index (Phi) is 14.8. The number of rotatable bonds is 2. The van der Waals surface area contributed by atoms with Gasteiger partial charge in [0.05, 0.1) is 12.6 Å². The smallest absolute Gasteiger partial charge is 0.326 e. The maximum Gasteiger partial charge on any atom is 0.326 e. The first-order valence-corrected chi connectivity index (χ1v) is 12.8. The number of carboxylic acid groups (broad SMARTS) is 1. The van der Waals surface area contributed by atoms with Gasteiger partial charge in [0.25, 0.3) is 0 Å². The summed E-state index contributed by atoms with van der Waals surface area (Å²) in [6.07, 6.45) is 6.64. The lowest BCUT2D eigenvalue weighted by atomic mass is 10.1. The first-order valence-electron chi connectivity index (χ1n) is 12.8. The van der Waals surface area contributed by atoms with Crippen LogP contribution in [0, 0.1) is 5.92 Å². The van der Waals surface area contributed by atoms with Crippen molar-refractivity contribution in [3.63, 3.8) is 0 Å². The molecular formula is C24H41N5O8. The van der Waals surface area contributed by atoms with Gasteiger partial charge in [-0.2, -0.15) is 0 Å². The highest BCUT2D eigenvalue weighted by atomic mass is 16.4. The van der Waals surface area contributed by atoms with Gasteiger partial charge in [-0.1, -0.05) is 6.92 Å². The summed E-state index contributed by atoms with van der Waals surface area (Å²) in [5.74, 6) is -0.171. The molecule has 37 heavy (non-hydrogen) atoms. The van der Waals surface area contributed by atoms with Crippen LogP contribution in [0.5, 0.6) is 0 Å². The van der Waals surface area contributed by atoms with Crippen molar-refractivity contribution < 1.29 is 39.0 Å². The molecule has 0 aromatic carbocycles. The van der Waals surface area contributed by atoms with E-state index in [2.05, 4.69) is 26.6 Å². The van der Waals surface area contributed by atoms with Gasteiger partial charge in [-0.05, 0) is 39.0 Å². The summed E-state index contributed by atoms with van der Waals surface area (Å²) in [5.41, 5.74) is 0. The monoisotopic (exact) mass is 527 g/mol. The summed E-state index contributed by atoms with van der Waals surface area (Å²) in [5, 5.41) is 29.9. The van der Waals surface area contributed by atoms with Crippen molar-refractivity contribution in [2.45, 2.75) is 89.8 Å². The number of carboxylic acids is 1. The highest BCUT2D eigenvalue weighted by molar-refractivity contribution is 5.87. The van der Waals surface area contributed by atoms with Crippen molar-refractivity contribution in [2.24, 2.45) is 5.92 Å². The Morgan fingerprint density at radius 2 is 1.38 bits per heavy atom. The second-order valence-corrected chi connectivity index (χ2v) is 9.42. The van der Waals surface area contributed by atoms with Gasteiger partial charge < -0.3 is 36.8 Å². The second kappa shape index (κ2) is 17.3. The van der Waals surface area contributed by atoms with E-state index in [4.69, 9.17) is 10.2 Å². The molecule has 0 bridgehead atoms. The molecular weight excluding hydrogens is 486 g/mol. The topological polar surface area (TPSA) is 203 Å². The van der Waals surface area contributed by atoms with Crippen LogP contribution >= 0.6 is 0 Å². The third kappa shape index (κ3) is 14.2. The third-order valence-electron chi connectivity index (χ3n) is 6.04. The molecule has 210 valence electrons. The normalized spacial score (nSPS) is 27.3. The van der Waals surface area contributed by atoms with Gasteiger partial charge in [-0.25, -0.2) is 4.79 Å². The van der Waals surface area contributed by atoms with E-state index >= 15 is 0 Å². The minimum absolute atomic E-state index is 0.0301. The molecule has 5 saturated heterocycles. The zero-order chi connectivity index (χ0) is 27.8. The molecule has 4 atom stereocenters. The van der Waals surface area contributed by atoms with Crippen LogP contribution in [0.3, 0.4) is 0 Å². The lowest BCUT2D eigenvalue weighted by molar-refractivity contribution is -0.140. The van der Waals surface area contributed by atoms with Gasteiger partial charge in [0.2, 0.25) is 29.5 Å². The standard InChI is InChI=1S/C5H7NO3.C5H9NO2.2C5H9NO.C4H7NO/c7-4-2-1-3(6-4)5(8)9;7-3-4-1-2-5(8)6-4;1-4-2-3-6-5(4)7;1-4-2-3-5(7)6-4;6-4-2-1-3-5-4/h3H,1-2H2,(H,6,7)(H,8,9);4,7H,1-3H2,(H,6,8);2*4H,2-3H2,1H3,(H,6,7);1-3H2,(H,5,6)/t3-;;;;/m0..../s1. The van der Waals surface area contributed by atoms with E-state index in [-0.39, 0.29) is 48.1 Å². The van der Waals surface area contributed by atoms with Crippen LogP contribution in [-0.4, -0.2) is 83.5 Å². The molecule has 5 rings (SSSR count). The third-order valence-corrected chi connectivity index (χ3v) is 6.04. The Morgan fingerprint density at radius 1 is 0.757 bits per heavy atom. The quantitative estimate of drug-likeness (QED) is 0.235. The van der Waals surface area contributed by atoms with Gasteiger partial charge in [-0.3, -0.25) is 24.0 Å². The van der Waals surface area contributed by atoms with Crippen molar-refractivity contribution in [1.82, 2.24) is 26.6 Å². The summed E-state index contributed by atoms with van der Waals surface area (Å²) >= 11 is 0. The summed E-state index contributed by atoms with van der Waals surface area (Å²) in [6, 6.07) is -0.188. The number of carbonyl (C=O) groups excluding carboxylic acids is 5. The number of hydrogen-bond acceptors (Lipinski definition) is 7. The molecule has 5 heterocycles. The van der Waals surface area contributed by atoms with Crippen LogP contribution in [0.2, 0.25) is 0 Å². The van der Waals surface area contributed by atoms with Crippen LogP contribution in [0.15, 0.2) is 0 Å². The van der Waals surface area contributed by atoms with E-state index in [1.54, 1.807) is 0 Å². The molecule has 0 aromatic heterocycles. The number of hydrogen-bond donors (Lipinski definition) is 7. The number of amides is 5. The molecule has 13 heteroatoms. The Bertz CT molecular complexity index is 798. The minimum Gasteiger partial charge on any atom is -0.480 e. The molecule has 0 saturated carbocycles. The first-order chi connectivity index (χ1) is 17.5. The molecule has 5 aliphatic heterocycles. The van der Waals surface area contributed by atoms with Gasteiger partial charge in [-0.15, -0.1) is 0 Å². The summed E-state index contributed by atoms with van der Waals surface area (Å²) < 4.78 is 0. The predicted molar refractivity (Wildman–Crippen MR) is 133 cm³/mol. The number of carbonyl (C=O) groups is 6. The van der Waals surface area contributed by atoms with Gasteiger partial charge >= 0.3 is 5.97 Å². The van der Waals surface area contributed by atoms with Crippen LogP contribution in [0.25, 0.3) is 0 Å². The second-order valence-electron chi connectivity index (χ2n) is 9.42. The Morgan fingerprint density at radius 3 is 1.57 bits per heavy atom. The van der Waals surface area contributed by atoms with E-state index in [0.717, 1.165) is 51.6 Å². The fourth-order valence-corrected chi connectivity index (χ4v) is 3.66. The maximum atomic E-state index is 10.5. The molecule has 0 radical (unpaired) electrons. The molecule has 0 aromatic rings. The van der Waals surface area contributed by atoms with E-state index in [9.17, 15) is 28.8 Å². The number of nitrogens with one attached hydrogen (secondary N) is 5. The first kappa shape index (κ1) is 31.8. The largest absolute Gasteiger partial charge is 0.480 e. The van der Waals surface area contributed by atoms with Crippen molar-refractivity contribution in [3.8, 4) is 0 Å². The van der Waals surface area contributed by atoms with Crippen LogP contribution < -0.4 is 26.6 Å². The van der Waals surface area contributed by atoms with Crippen molar-refractivity contribution in [3.05, 3.63) is 0 Å². The molecule has 3 unspecified atom stereocenters. The van der Waals surface area contributed by atoms with Crippen molar-refractivity contribution in [1.29, 1.82) is 0 Å². The van der Waals surface area contributed by atoms with E-state index in [1.165, 1.54) is 0 Å². The van der Waals surface area contributed by atoms with Crippen LogP contribution in [0.1, 0.15) is 71.6 Å². The van der Waals surface area contributed by atoms with Crippen molar-refractivity contribution >= 4 is 35.5 Å². The van der Waals surface area contributed by atoms with E-state index in [0.29, 0.717) is 25.3 Å². The highest BCUT2D eigenvalue weighted by Crippen LogP contribution is 2.06. The zero-order valence-electron chi connectivity index (χ0n) is 21.6. The summed E-state index contributed by atoms with van der Waals surface area (Å²) in [4.78, 5) is 61.8. The average molecular weight is 528 g/mol. The SMILES string of the molecule is CC1CCC(=O)N1.CC1CCNC1=O.O=C1CCC(CO)N1.O=C1CCCN1.O=C1CC[C@@H](C(=O)O)N1. The average Bonchev–Trinajstić information content (AvgIpc) is 3.68. The molecule has 13 nitrogen and oxygen atoms in total.